The number of esters is 1. The minimum Gasteiger partial charge on any atom is -0.463 e. The maximum absolute atomic E-state index is 10.6. The van der Waals surface area contributed by atoms with Crippen molar-refractivity contribution in [3.63, 3.8) is 0 Å². The predicted octanol–water partition coefficient (Wildman–Crippen LogP) is 1.46. The Balaban J connectivity index is 2.00. The maximum Gasteiger partial charge on any atom is 0.330 e. The monoisotopic (exact) mass is 194 g/mol. The summed E-state index contributed by atoms with van der Waals surface area (Å²) in [6.45, 7) is 3.76. The molecule has 4 nitrogen and oxygen atoms in total. The Morgan fingerprint density at radius 2 is 2.50 bits per heavy atom. The summed E-state index contributed by atoms with van der Waals surface area (Å²) in [5.74, 6) is 0.614. The zero-order valence-electron chi connectivity index (χ0n) is 8.03. The fourth-order valence-corrected chi connectivity index (χ4v) is 1.06. The van der Waals surface area contributed by atoms with Crippen LogP contribution in [0.25, 0.3) is 0 Å². The number of carbonyl (C=O) groups excluding carboxylic acids is 1. The molecule has 0 aromatic carbocycles. The second-order valence-corrected chi connectivity index (χ2v) is 2.86. The normalized spacial score (nSPS) is 9.71. The number of aryl methyl sites for hydroxylation is 1. The zero-order chi connectivity index (χ0) is 10.2. The average Bonchev–Trinajstić information content (AvgIpc) is 2.69. The van der Waals surface area contributed by atoms with Gasteiger partial charge in [-0.15, -0.1) is 0 Å². The van der Waals surface area contributed by atoms with Crippen LogP contribution in [0.15, 0.2) is 25.0 Å². The number of aromatic nitrogens is 2. The largest absolute Gasteiger partial charge is 0.463 e. The van der Waals surface area contributed by atoms with Gasteiger partial charge in [0.1, 0.15) is 5.82 Å². The van der Waals surface area contributed by atoms with Crippen molar-refractivity contribution in [2.75, 3.05) is 6.61 Å². The van der Waals surface area contributed by atoms with E-state index in [9.17, 15) is 4.79 Å². The lowest BCUT2D eigenvalue weighted by Gasteiger charge is -2.00. The number of hydrogen-bond donors (Lipinski definition) is 1. The summed E-state index contributed by atoms with van der Waals surface area (Å²) in [5, 5.41) is 0. The summed E-state index contributed by atoms with van der Waals surface area (Å²) in [5.41, 5.74) is 0. The summed E-state index contributed by atoms with van der Waals surface area (Å²) < 4.78 is 4.82. The summed E-state index contributed by atoms with van der Waals surface area (Å²) in [6, 6.07) is 0. The van der Waals surface area contributed by atoms with E-state index in [1.54, 1.807) is 12.4 Å². The highest BCUT2D eigenvalue weighted by Gasteiger charge is 1.97. The molecule has 1 N–H and O–H groups in total. The molecule has 0 saturated carbocycles. The summed E-state index contributed by atoms with van der Waals surface area (Å²) >= 11 is 0. The molecule has 0 aliphatic rings. The SMILES string of the molecule is C=CC(=O)OCCCCc1ncc[nH]1. The molecule has 0 aliphatic heterocycles. The van der Waals surface area contributed by atoms with Gasteiger partial charge in [-0.2, -0.15) is 0 Å². The minimum atomic E-state index is -0.358. The molecule has 4 heteroatoms. The molecule has 0 unspecified atom stereocenters. The smallest absolute Gasteiger partial charge is 0.330 e. The van der Waals surface area contributed by atoms with Crippen molar-refractivity contribution in [2.24, 2.45) is 0 Å². The van der Waals surface area contributed by atoms with Crippen molar-refractivity contribution >= 4 is 5.97 Å². The van der Waals surface area contributed by atoms with Gasteiger partial charge in [0, 0.05) is 24.9 Å². The van der Waals surface area contributed by atoms with Gasteiger partial charge in [0.05, 0.1) is 6.61 Å². The Morgan fingerprint density at radius 1 is 1.64 bits per heavy atom. The van der Waals surface area contributed by atoms with E-state index < -0.39 is 0 Å². The van der Waals surface area contributed by atoms with Crippen molar-refractivity contribution < 1.29 is 9.53 Å². The van der Waals surface area contributed by atoms with Crippen LogP contribution in [0.5, 0.6) is 0 Å². The second kappa shape index (κ2) is 5.96. The van der Waals surface area contributed by atoms with Gasteiger partial charge in [0.15, 0.2) is 0 Å². The Morgan fingerprint density at radius 3 is 3.14 bits per heavy atom. The third kappa shape index (κ3) is 3.89. The molecular formula is C10H14N2O2. The second-order valence-electron chi connectivity index (χ2n) is 2.86. The number of carbonyl (C=O) groups is 1. The first-order valence-electron chi connectivity index (χ1n) is 4.60. The van der Waals surface area contributed by atoms with Gasteiger partial charge < -0.3 is 9.72 Å². The van der Waals surface area contributed by atoms with Crippen molar-refractivity contribution in [1.29, 1.82) is 0 Å². The Labute approximate surface area is 83.0 Å². The molecule has 0 atom stereocenters. The van der Waals surface area contributed by atoms with Crippen LogP contribution in [0.4, 0.5) is 0 Å². The lowest BCUT2D eigenvalue weighted by atomic mass is 10.2. The summed E-state index contributed by atoms with van der Waals surface area (Å²) in [7, 11) is 0. The highest BCUT2D eigenvalue weighted by atomic mass is 16.5. The van der Waals surface area contributed by atoms with Gasteiger partial charge >= 0.3 is 5.97 Å². The lowest BCUT2D eigenvalue weighted by molar-refractivity contribution is -0.137. The molecule has 0 radical (unpaired) electrons. The minimum absolute atomic E-state index is 0.358. The molecule has 0 amide bonds. The van der Waals surface area contributed by atoms with Crippen molar-refractivity contribution in [3.05, 3.63) is 30.9 Å². The molecule has 0 saturated heterocycles. The van der Waals surface area contributed by atoms with Crippen LogP contribution in [0.1, 0.15) is 18.7 Å². The van der Waals surface area contributed by atoms with Gasteiger partial charge in [-0.25, -0.2) is 9.78 Å². The number of imidazole rings is 1. The molecule has 0 spiro atoms. The fourth-order valence-electron chi connectivity index (χ4n) is 1.06. The molecule has 1 heterocycles. The van der Waals surface area contributed by atoms with Crippen LogP contribution in [0, 0.1) is 0 Å². The lowest BCUT2D eigenvalue weighted by Crippen LogP contribution is -2.02. The predicted molar refractivity (Wildman–Crippen MR) is 52.7 cm³/mol. The highest BCUT2D eigenvalue weighted by molar-refractivity contribution is 5.81. The van der Waals surface area contributed by atoms with Crippen molar-refractivity contribution in [2.45, 2.75) is 19.3 Å². The van der Waals surface area contributed by atoms with Crippen molar-refractivity contribution in [1.82, 2.24) is 9.97 Å². The topological polar surface area (TPSA) is 55.0 Å². The van der Waals surface area contributed by atoms with Crippen LogP contribution in [-0.2, 0) is 16.0 Å². The molecular weight excluding hydrogens is 180 g/mol. The van der Waals surface area contributed by atoms with E-state index in [0.29, 0.717) is 6.61 Å². The first-order valence-corrected chi connectivity index (χ1v) is 4.60. The van der Waals surface area contributed by atoms with Crippen LogP contribution >= 0.6 is 0 Å². The van der Waals surface area contributed by atoms with E-state index >= 15 is 0 Å². The van der Waals surface area contributed by atoms with Gasteiger partial charge in [-0.1, -0.05) is 6.58 Å². The number of hydrogen-bond acceptors (Lipinski definition) is 3. The van der Waals surface area contributed by atoms with Crippen LogP contribution in [0.3, 0.4) is 0 Å². The Bertz CT molecular complexity index is 280. The van der Waals surface area contributed by atoms with Crippen LogP contribution in [-0.4, -0.2) is 22.5 Å². The van der Waals surface area contributed by atoms with E-state index in [4.69, 9.17) is 4.74 Å². The zero-order valence-corrected chi connectivity index (χ0v) is 8.03. The van der Waals surface area contributed by atoms with Gasteiger partial charge in [-0.3, -0.25) is 0 Å². The number of H-pyrrole nitrogens is 1. The van der Waals surface area contributed by atoms with Gasteiger partial charge in [-0.05, 0) is 12.8 Å². The van der Waals surface area contributed by atoms with E-state index in [1.165, 1.54) is 6.08 Å². The summed E-state index contributed by atoms with van der Waals surface area (Å²) in [6.07, 6.45) is 7.39. The fraction of sp³-hybridized carbons (Fsp3) is 0.400. The van der Waals surface area contributed by atoms with Gasteiger partial charge in [0.25, 0.3) is 0 Å². The van der Waals surface area contributed by atoms with Gasteiger partial charge in [0.2, 0.25) is 0 Å². The standard InChI is InChI=1S/C10H14N2O2/c1-2-10(13)14-8-4-3-5-9-11-6-7-12-9/h2,6-7H,1,3-5,8H2,(H,11,12). The van der Waals surface area contributed by atoms with Crippen LogP contribution < -0.4 is 0 Å². The Kier molecular flexibility index (Phi) is 4.47. The molecule has 0 bridgehead atoms. The maximum atomic E-state index is 10.6. The number of unbranched alkanes of at least 4 members (excludes halogenated alkanes) is 1. The van der Waals surface area contributed by atoms with E-state index in [-0.39, 0.29) is 5.97 Å². The number of ether oxygens (including phenoxy) is 1. The van der Waals surface area contributed by atoms with Crippen LogP contribution in [0.2, 0.25) is 0 Å². The Hall–Kier alpha value is -1.58. The molecule has 0 fully saturated rings. The van der Waals surface area contributed by atoms with E-state index in [1.807, 2.05) is 0 Å². The highest BCUT2D eigenvalue weighted by Crippen LogP contribution is 1.98. The molecule has 0 aliphatic carbocycles. The number of nitrogens with zero attached hydrogens (tertiary/aromatic N) is 1. The average molecular weight is 194 g/mol. The number of aromatic amines is 1. The first kappa shape index (κ1) is 10.5. The quantitative estimate of drug-likeness (QED) is 0.424. The summed E-state index contributed by atoms with van der Waals surface area (Å²) in [4.78, 5) is 17.7. The third-order valence-electron chi connectivity index (χ3n) is 1.77. The molecule has 1 aromatic heterocycles. The van der Waals surface area contributed by atoms with E-state index in [0.717, 1.165) is 25.1 Å². The number of nitrogens with one attached hydrogen (secondary N) is 1. The molecule has 14 heavy (non-hydrogen) atoms. The van der Waals surface area contributed by atoms with Crippen molar-refractivity contribution in [3.8, 4) is 0 Å². The number of rotatable bonds is 6. The van der Waals surface area contributed by atoms with E-state index in [2.05, 4.69) is 16.5 Å². The molecule has 1 aromatic rings. The molecule has 76 valence electrons. The first-order chi connectivity index (χ1) is 6.83. The third-order valence-corrected chi connectivity index (χ3v) is 1.77. The molecule has 1 rings (SSSR count).